The predicted octanol–water partition coefficient (Wildman–Crippen LogP) is 1.70. The van der Waals surface area contributed by atoms with E-state index in [1.807, 2.05) is 0 Å². The minimum absolute atomic E-state index is 0.0458. The van der Waals surface area contributed by atoms with Crippen molar-refractivity contribution in [1.29, 1.82) is 0 Å². The molecule has 1 aliphatic rings. The summed E-state index contributed by atoms with van der Waals surface area (Å²) in [5.74, 6) is -0.669. The third-order valence-corrected chi connectivity index (χ3v) is 5.35. The molecule has 26 heavy (non-hydrogen) atoms. The van der Waals surface area contributed by atoms with Crippen molar-refractivity contribution in [2.75, 3.05) is 38.7 Å². The third kappa shape index (κ3) is 5.32. The molecule has 11 heteroatoms. The Morgan fingerprint density at radius 3 is 2.58 bits per heavy atom. The average Bonchev–Trinajstić information content (AvgIpc) is 3.36. The Morgan fingerprint density at radius 1 is 1.38 bits per heavy atom. The average molecular weight is 396 g/mol. The number of halogens is 3. The lowest BCUT2D eigenvalue weighted by molar-refractivity contribution is -0.141. The highest BCUT2D eigenvalue weighted by molar-refractivity contribution is 7.89. The maximum Gasteiger partial charge on any atom is 0.416 e. The van der Waals surface area contributed by atoms with Crippen LogP contribution in [0.4, 0.5) is 18.9 Å². The van der Waals surface area contributed by atoms with Crippen LogP contribution in [0, 0.1) is 0 Å². The molecule has 2 rings (SSSR count). The summed E-state index contributed by atoms with van der Waals surface area (Å²) in [6.45, 7) is 1.78. The lowest BCUT2D eigenvalue weighted by atomic mass is 10.2. The van der Waals surface area contributed by atoms with Gasteiger partial charge in [0.1, 0.15) is 6.54 Å². The highest BCUT2D eigenvalue weighted by Crippen LogP contribution is 2.34. The maximum absolute atomic E-state index is 13.1. The van der Waals surface area contributed by atoms with Gasteiger partial charge in [-0.1, -0.05) is 0 Å². The Labute approximate surface area is 149 Å². The summed E-state index contributed by atoms with van der Waals surface area (Å²) in [4.78, 5) is 10.8. The highest BCUT2D eigenvalue weighted by atomic mass is 32.2. The second-order valence-electron chi connectivity index (χ2n) is 5.64. The van der Waals surface area contributed by atoms with Crippen LogP contribution in [0.5, 0.6) is 0 Å². The lowest BCUT2D eigenvalue weighted by Crippen LogP contribution is -2.31. The minimum atomic E-state index is -4.75. The predicted molar refractivity (Wildman–Crippen MR) is 86.1 cm³/mol. The van der Waals surface area contributed by atoms with E-state index in [0.717, 1.165) is 16.4 Å². The van der Waals surface area contributed by atoms with Crippen LogP contribution in [0.25, 0.3) is 0 Å². The number of likely N-dealkylation sites (N-methyl/N-ethyl adjacent to an activating group) is 1. The van der Waals surface area contributed by atoms with Crippen molar-refractivity contribution in [2.24, 2.45) is 0 Å². The fourth-order valence-electron chi connectivity index (χ4n) is 2.14. The Hall–Kier alpha value is -1.85. The molecule has 0 spiro atoms. The smallest absolute Gasteiger partial charge is 0.416 e. The first-order chi connectivity index (χ1) is 12.0. The molecule has 146 valence electrons. The molecular formula is C15H19F3N2O5S. The van der Waals surface area contributed by atoms with Gasteiger partial charge in [0.15, 0.2) is 0 Å². The van der Waals surface area contributed by atoms with E-state index in [1.165, 1.54) is 7.05 Å². The number of ether oxygens (including phenoxy) is 2. The summed E-state index contributed by atoms with van der Waals surface area (Å²) in [7, 11) is -2.88. The Kier molecular flexibility index (Phi) is 6.14. The van der Waals surface area contributed by atoms with Crippen LogP contribution in [-0.4, -0.2) is 58.1 Å². The molecule has 1 heterocycles. The topological polar surface area (TPSA) is 88.2 Å². The van der Waals surface area contributed by atoms with Crippen LogP contribution in [0.3, 0.4) is 0 Å². The summed E-state index contributed by atoms with van der Waals surface area (Å²) in [6, 6.07) is 2.35. The van der Waals surface area contributed by atoms with Crippen molar-refractivity contribution in [3.63, 3.8) is 0 Å². The SMILES string of the molecule is CCOC(=O)CNc1cc(C(F)(F)F)cc(S(=O)(=O)N(C)CC2CO2)c1. The third-order valence-electron chi connectivity index (χ3n) is 3.55. The number of anilines is 1. The number of nitrogens with zero attached hydrogens (tertiary/aromatic N) is 1. The van der Waals surface area contributed by atoms with Crippen molar-refractivity contribution in [3.05, 3.63) is 23.8 Å². The molecule has 1 unspecified atom stereocenters. The second-order valence-corrected chi connectivity index (χ2v) is 7.69. The van der Waals surface area contributed by atoms with Crippen LogP contribution in [0.2, 0.25) is 0 Å². The molecule has 0 aliphatic carbocycles. The zero-order valence-corrected chi connectivity index (χ0v) is 15.0. The number of benzene rings is 1. The molecule has 1 aliphatic heterocycles. The van der Waals surface area contributed by atoms with Crippen LogP contribution < -0.4 is 5.32 Å². The van der Waals surface area contributed by atoms with Crippen LogP contribution in [0.1, 0.15) is 12.5 Å². The number of hydrogen-bond donors (Lipinski definition) is 1. The molecule has 0 radical (unpaired) electrons. The zero-order valence-electron chi connectivity index (χ0n) is 14.2. The molecule has 1 atom stereocenters. The number of hydrogen-bond acceptors (Lipinski definition) is 6. The van der Waals surface area contributed by atoms with Gasteiger partial charge in [-0.15, -0.1) is 0 Å². The van der Waals surface area contributed by atoms with E-state index in [-0.39, 0.29) is 31.5 Å². The van der Waals surface area contributed by atoms with E-state index in [0.29, 0.717) is 12.7 Å². The number of nitrogens with one attached hydrogen (secondary N) is 1. The van der Waals surface area contributed by atoms with Crippen molar-refractivity contribution in [2.45, 2.75) is 24.1 Å². The maximum atomic E-state index is 13.1. The summed E-state index contributed by atoms with van der Waals surface area (Å²) >= 11 is 0. The van der Waals surface area contributed by atoms with Gasteiger partial charge in [0.25, 0.3) is 0 Å². The van der Waals surface area contributed by atoms with Gasteiger partial charge in [0, 0.05) is 19.3 Å². The first-order valence-corrected chi connectivity index (χ1v) is 9.17. The van der Waals surface area contributed by atoms with E-state index in [4.69, 9.17) is 4.74 Å². The Balaban J connectivity index is 2.31. The largest absolute Gasteiger partial charge is 0.465 e. The van der Waals surface area contributed by atoms with E-state index in [2.05, 4.69) is 10.1 Å². The quantitative estimate of drug-likeness (QED) is 0.532. The number of epoxide rings is 1. The first kappa shape index (κ1) is 20.5. The van der Waals surface area contributed by atoms with Gasteiger partial charge in [-0.3, -0.25) is 4.79 Å². The first-order valence-electron chi connectivity index (χ1n) is 7.73. The number of sulfonamides is 1. The van der Waals surface area contributed by atoms with E-state index >= 15 is 0 Å². The monoisotopic (exact) mass is 396 g/mol. The summed E-state index contributed by atoms with van der Waals surface area (Å²) in [5, 5.41) is 2.46. The second kappa shape index (κ2) is 7.80. The molecule has 0 bridgehead atoms. The zero-order chi connectivity index (χ0) is 19.5. The molecule has 0 amide bonds. The van der Waals surface area contributed by atoms with Crippen LogP contribution >= 0.6 is 0 Å². The highest BCUT2D eigenvalue weighted by Gasteiger charge is 2.35. The molecule has 0 aromatic heterocycles. The molecule has 1 aromatic rings. The molecule has 0 saturated carbocycles. The standard InChI is InChI=1S/C15H19F3N2O5S/c1-3-24-14(21)7-19-11-4-10(15(16,17)18)5-13(6-11)26(22,23)20(2)8-12-9-25-12/h4-6,12,19H,3,7-9H2,1-2H3. The summed E-state index contributed by atoms with van der Waals surface area (Å²) < 4.78 is 75.1. The fraction of sp³-hybridized carbons (Fsp3) is 0.533. The number of esters is 1. The van der Waals surface area contributed by atoms with Crippen molar-refractivity contribution in [1.82, 2.24) is 4.31 Å². The van der Waals surface area contributed by atoms with Gasteiger partial charge in [0.05, 0.1) is 29.8 Å². The molecule has 1 aromatic carbocycles. The number of carbonyl (C=O) groups excluding carboxylic acids is 1. The van der Waals surface area contributed by atoms with Gasteiger partial charge >= 0.3 is 12.1 Å². The van der Waals surface area contributed by atoms with E-state index < -0.39 is 32.6 Å². The molecule has 1 N–H and O–H groups in total. The lowest BCUT2D eigenvalue weighted by Gasteiger charge is -2.18. The van der Waals surface area contributed by atoms with Crippen LogP contribution in [0.15, 0.2) is 23.1 Å². The molecular weight excluding hydrogens is 377 g/mol. The Bertz CT molecular complexity index is 763. The normalized spacial score (nSPS) is 17.2. The van der Waals surface area contributed by atoms with Gasteiger partial charge in [-0.25, -0.2) is 8.42 Å². The van der Waals surface area contributed by atoms with Gasteiger partial charge < -0.3 is 14.8 Å². The van der Waals surface area contributed by atoms with Crippen LogP contribution in [-0.2, 0) is 30.5 Å². The van der Waals surface area contributed by atoms with Gasteiger partial charge in [0.2, 0.25) is 10.0 Å². The minimum Gasteiger partial charge on any atom is -0.465 e. The Morgan fingerprint density at radius 2 is 2.04 bits per heavy atom. The fourth-order valence-corrected chi connectivity index (χ4v) is 3.41. The van der Waals surface area contributed by atoms with Crippen molar-refractivity contribution < 1.29 is 35.9 Å². The van der Waals surface area contributed by atoms with Gasteiger partial charge in [-0.05, 0) is 25.1 Å². The molecule has 7 nitrogen and oxygen atoms in total. The molecule has 1 fully saturated rings. The molecule has 1 saturated heterocycles. The van der Waals surface area contributed by atoms with E-state index in [9.17, 15) is 26.4 Å². The van der Waals surface area contributed by atoms with Gasteiger partial charge in [-0.2, -0.15) is 17.5 Å². The van der Waals surface area contributed by atoms with Crippen molar-refractivity contribution in [3.8, 4) is 0 Å². The van der Waals surface area contributed by atoms with E-state index in [1.54, 1.807) is 6.92 Å². The number of alkyl halides is 3. The number of rotatable bonds is 8. The number of carbonyl (C=O) groups is 1. The summed E-state index contributed by atoms with van der Waals surface area (Å²) in [5.41, 5.74) is -1.29. The summed E-state index contributed by atoms with van der Waals surface area (Å²) in [6.07, 6.45) is -4.99. The van der Waals surface area contributed by atoms with Crippen molar-refractivity contribution >= 4 is 21.7 Å².